The highest BCUT2D eigenvalue weighted by Crippen LogP contribution is 2.21. The number of rotatable bonds is 5. The van der Waals surface area contributed by atoms with Gasteiger partial charge in [-0.05, 0) is 38.8 Å². The van der Waals surface area contributed by atoms with Crippen LogP contribution >= 0.6 is 0 Å². The van der Waals surface area contributed by atoms with E-state index in [1.807, 2.05) is 0 Å². The van der Waals surface area contributed by atoms with E-state index in [1.165, 1.54) is 19.3 Å². The molecule has 0 aromatic carbocycles. The molecule has 0 bridgehead atoms. The SMILES string of the molecule is CS(=O)(=O)O.O=C(Cc1n[nH]c(=O)c2c1NCCC2)NCCN1CCCCC1. The number of aromatic amines is 1. The second kappa shape index (κ2) is 10.5. The molecule has 0 unspecified atom stereocenters. The largest absolute Gasteiger partial charge is 0.383 e. The molecule has 2 aliphatic heterocycles. The van der Waals surface area contributed by atoms with Gasteiger partial charge in [0.1, 0.15) is 0 Å². The number of hydrogen-bond donors (Lipinski definition) is 4. The van der Waals surface area contributed by atoms with Gasteiger partial charge < -0.3 is 15.5 Å². The molecule has 0 aliphatic carbocycles. The van der Waals surface area contributed by atoms with Gasteiger partial charge in [0.25, 0.3) is 15.7 Å². The van der Waals surface area contributed by atoms with Gasteiger partial charge in [0.05, 0.1) is 24.1 Å². The average molecular weight is 416 g/mol. The number of anilines is 1. The molecule has 1 aromatic heterocycles. The molecule has 1 aromatic rings. The molecular formula is C17H29N5O5S. The van der Waals surface area contributed by atoms with E-state index in [-0.39, 0.29) is 17.9 Å². The highest BCUT2D eigenvalue weighted by Gasteiger charge is 2.19. The van der Waals surface area contributed by atoms with Crippen molar-refractivity contribution in [2.75, 3.05) is 44.3 Å². The van der Waals surface area contributed by atoms with E-state index in [9.17, 15) is 18.0 Å². The summed E-state index contributed by atoms with van der Waals surface area (Å²) >= 11 is 0. The van der Waals surface area contributed by atoms with Gasteiger partial charge in [-0.3, -0.25) is 14.1 Å². The molecule has 4 N–H and O–H groups in total. The van der Waals surface area contributed by atoms with Crippen molar-refractivity contribution in [2.45, 2.75) is 38.5 Å². The number of piperidine rings is 1. The van der Waals surface area contributed by atoms with Crippen LogP contribution in [0.2, 0.25) is 0 Å². The van der Waals surface area contributed by atoms with E-state index < -0.39 is 10.1 Å². The van der Waals surface area contributed by atoms with Crippen LogP contribution in [-0.2, 0) is 27.8 Å². The summed E-state index contributed by atoms with van der Waals surface area (Å²) < 4.78 is 25.9. The van der Waals surface area contributed by atoms with E-state index in [2.05, 4.69) is 25.7 Å². The Morgan fingerprint density at radius 3 is 2.61 bits per heavy atom. The van der Waals surface area contributed by atoms with Crippen LogP contribution in [-0.4, -0.2) is 73.0 Å². The Labute approximate surface area is 164 Å². The standard InChI is InChI=1S/C16H25N5O2.CH4O3S/c22-14(17-7-10-21-8-2-1-3-9-21)11-13-15-12(5-4-6-18-15)16(23)20-19-13;1-5(2,3)4/h18H,1-11H2,(H,17,22)(H,20,23);1H3,(H,2,3,4). The first-order valence-corrected chi connectivity index (χ1v) is 11.3. The molecule has 0 atom stereocenters. The summed E-state index contributed by atoms with van der Waals surface area (Å²) in [6.45, 7) is 4.66. The Bertz CT molecular complexity index is 810. The summed E-state index contributed by atoms with van der Waals surface area (Å²) in [4.78, 5) is 26.3. The lowest BCUT2D eigenvalue weighted by Crippen LogP contribution is -2.38. The van der Waals surface area contributed by atoms with Crippen molar-refractivity contribution < 1.29 is 17.8 Å². The molecule has 158 valence electrons. The first-order chi connectivity index (χ1) is 13.2. The summed E-state index contributed by atoms with van der Waals surface area (Å²) in [6, 6.07) is 0. The number of nitrogens with zero attached hydrogens (tertiary/aromatic N) is 2. The van der Waals surface area contributed by atoms with Crippen LogP contribution in [0.4, 0.5) is 5.69 Å². The lowest BCUT2D eigenvalue weighted by Gasteiger charge is -2.26. The molecule has 28 heavy (non-hydrogen) atoms. The summed E-state index contributed by atoms with van der Waals surface area (Å²) in [5.41, 5.74) is 1.96. The smallest absolute Gasteiger partial charge is 0.269 e. The highest BCUT2D eigenvalue weighted by atomic mass is 32.2. The van der Waals surface area contributed by atoms with Crippen LogP contribution < -0.4 is 16.2 Å². The fourth-order valence-corrected chi connectivity index (χ4v) is 3.33. The fourth-order valence-electron chi connectivity index (χ4n) is 3.33. The van der Waals surface area contributed by atoms with Crippen molar-refractivity contribution in [3.8, 4) is 0 Å². The third-order valence-electron chi connectivity index (χ3n) is 4.59. The minimum absolute atomic E-state index is 0.0452. The van der Waals surface area contributed by atoms with Crippen molar-refractivity contribution in [3.05, 3.63) is 21.6 Å². The summed E-state index contributed by atoms with van der Waals surface area (Å²) in [6.07, 6.45) is 6.42. The van der Waals surface area contributed by atoms with Gasteiger partial charge in [0.15, 0.2) is 0 Å². The lowest BCUT2D eigenvalue weighted by atomic mass is 10.0. The Balaban J connectivity index is 0.000000500. The minimum Gasteiger partial charge on any atom is -0.383 e. The summed E-state index contributed by atoms with van der Waals surface area (Å²) in [5, 5.41) is 12.7. The van der Waals surface area contributed by atoms with Gasteiger partial charge in [0, 0.05) is 25.2 Å². The van der Waals surface area contributed by atoms with Gasteiger partial charge >= 0.3 is 0 Å². The first kappa shape index (κ1) is 22.3. The molecule has 10 nitrogen and oxygen atoms in total. The number of fused-ring (bicyclic) bond motifs is 1. The van der Waals surface area contributed by atoms with E-state index in [0.29, 0.717) is 18.5 Å². The number of aromatic nitrogens is 2. The number of carbonyl (C=O) groups is 1. The number of nitrogens with one attached hydrogen (secondary N) is 3. The molecule has 0 saturated carbocycles. The van der Waals surface area contributed by atoms with Crippen LogP contribution in [0.3, 0.4) is 0 Å². The number of hydrogen-bond acceptors (Lipinski definition) is 7. The molecular weight excluding hydrogens is 386 g/mol. The van der Waals surface area contributed by atoms with E-state index in [4.69, 9.17) is 4.55 Å². The van der Waals surface area contributed by atoms with Gasteiger partial charge in [-0.1, -0.05) is 6.42 Å². The zero-order valence-corrected chi connectivity index (χ0v) is 17.0. The maximum Gasteiger partial charge on any atom is 0.269 e. The van der Waals surface area contributed by atoms with Crippen molar-refractivity contribution in [1.82, 2.24) is 20.4 Å². The van der Waals surface area contributed by atoms with Crippen LogP contribution in [0.25, 0.3) is 0 Å². The summed E-state index contributed by atoms with van der Waals surface area (Å²) in [7, 11) is -3.67. The first-order valence-electron chi connectivity index (χ1n) is 9.50. The Morgan fingerprint density at radius 2 is 1.93 bits per heavy atom. The van der Waals surface area contributed by atoms with Gasteiger partial charge in [-0.2, -0.15) is 13.5 Å². The quantitative estimate of drug-likeness (QED) is 0.483. The molecule has 3 heterocycles. The molecule has 0 spiro atoms. The van der Waals surface area contributed by atoms with Crippen molar-refractivity contribution in [2.24, 2.45) is 0 Å². The fraction of sp³-hybridized carbons (Fsp3) is 0.706. The average Bonchev–Trinajstić information content (AvgIpc) is 2.64. The molecule has 1 saturated heterocycles. The van der Waals surface area contributed by atoms with Gasteiger partial charge in [-0.25, -0.2) is 5.10 Å². The molecule has 11 heteroatoms. The molecule has 0 radical (unpaired) electrons. The summed E-state index contributed by atoms with van der Waals surface area (Å²) in [5.74, 6) is -0.0452. The van der Waals surface area contributed by atoms with Crippen molar-refractivity contribution in [3.63, 3.8) is 0 Å². The molecule has 2 aliphatic rings. The number of carbonyl (C=O) groups excluding carboxylic acids is 1. The maximum absolute atomic E-state index is 12.1. The van der Waals surface area contributed by atoms with E-state index in [1.54, 1.807) is 0 Å². The van der Waals surface area contributed by atoms with Crippen LogP contribution in [0, 0.1) is 0 Å². The third-order valence-corrected chi connectivity index (χ3v) is 4.59. The Morgan fingerprint density at radius 1 is 1.25 bits per heavy atom. The van der Waals surface area contributed by atoms with Crippen molar-refractivity contribution >= 4 is 21.7 Å². The van der Waals surface area contributed by atoms with Crippen molar-refractivity contribution in [1.29, 1.82) is 0 Å². The topological polar surface area (TPSA) is 144 Å². The number of H-pyrrole nitrogens is 1. The maximum atomic E-state index is 12.1. The molecule has 3 rings (SSSR count). The monoisotopic (exact) mass is 415 g/mol. The zero-order chi connectivity index (χ0) is 20.6. The highest BCUT2D eigenvalue weighted by molar-refractivity contribution is 7.85. The number of amides is 1. The Hall–Kier alpha value is -1.98. The van der Waals surface area contributed by atoms with Gasteiger partial charge in [-0.15, -0.1) is 0 Å². The van der Waals surface area contributed by atoms with Gasteiger partial charge in [0.2, 0.25) is 5.91 Å². The van der Waals surface area contributed by atoms with Crippen LogP contribution in [0.5, 0.6) is 0 Å². The minimum atomic E-state index is -3.67. The van der Waals surface area contributed by atoms with E-state index in [0.717, 1.165) is 50.3 Å². The van der Waals surface area contributed by atoms with E-state index >= 15 is 0 Å². The van der Waals surface area contributed by atoms with Crippen LogP contribution in [0.15, 0.2) is 4.79 Å². The predicted octanol–water partition coefficient (Wildman–Crippen LogP) is -0.223. The zero-order valence-electron chi connectivity index (χ0n) is 16.2. The van der Waals surface area contributed by atoms with Crippen LogP contribution in [0.1, 0.15) is 36.9 Å². The normalized spacial score (nSPS) is 16.9. The number of likely N-dealkylation sites (tertiary alicyclic amines) is 1. The molecule has 1 fully saturated rings. The second-order valence-electron chi connectivity index (χ2n) is 7.05. The third kappa shape index (κ3) is 7.95. The second-order valence-corrected chi connectivity index (χ2v) is 8.51. The molecule has 1 amide bonds. The predicted molar refractivity (Wildman–Crippen MR) is 106 cm³/mol. The lowest BCUT2D eigenvalue weighted by molar-refractivity contribution is -0.120. The Kier molecular flexibility index (Phi) is 8.39.